The van der Waals surface area contributed by atoms with Gasteiger partial charge in [0.25, 0.3) is 5.91 Å². The van der Waals surface area contributed by atoms with Crippen molar-refractivity contribution in [3.63, 3.8) is 0 Å². The number of morpholine rings is 1. The third-order valence-corrected chi connectivity index (χ3v) is 7.69. The van der Waals surface area contributed by atoms with Crippen molar-refractivity contribution in [2.75, 3.05) is 52.5 Å². The Hall–Kier alpha value is -1.48. The zero-order valence-corrected chi connectivity index (χ0v) is 17.7. The van der Waals surface area contributed by atoms with Crippen molar-refractivity contribution < 1.29 is 22.8 Å². The summed E-state index contributed by atoms with van der Waals surface area (Å²) in [7, 11) is -3.56. The highest BCUT2D eigenvalue weighted by Crippen LogP contribution is 2.24. The van der Waals surface area contributed by atoms with E-state index in [4.69, 9.17) is 4.74 Å². The lowest BCUT2D eigenvalue weighted by atomic mass is 10.0. The van der Waals surface area contributed by atoms with Gasteiger partial charge in [-0.25, -0.2) is 8.42 Å². The van der Waals surface area contributed by atoms with Crippen LogP contribution in [0, 0.1) is 12.8 Å². The fourth-order valence-electron chi connectivity index (χ4n) is 3.74. The molecular weight excluding hydrogens is 378 g/mol. The van der Waals surface area contributed by atoms with Crippen LogP contribution in [-0.2, 0) is 14.8 Å². The number of sulfonamides is 1. The van der Waals surface area contributed by atoms with Crippen molar-refractivity contribution in [2.45, 2.75) is 31.6 Å². The molecular formula is C20H32N3O4S+. The first-order valence-electron chi connectivity index (χ1n) is 10.2. The largest absolute Gasteiger partial charge is 0.370 e. The zero-order valence-electron chi connectivity index (χ0n) is 16.9. The van der Waals surface area contributed by atoms with E-state index >= 15 is 0 Å². The Morgan fingerprint density at radius 3 is 2.61 bits per heavy atom. The topological polar surface area (TPSA) is 80.2 Å². The number of aryl methyl sites for hydroxylation is 1. The van der Waals surface area contributed by atoms with Gasteiger partial charge in [-0.15, -0.1) is 0 Å². The molecule has 0 bridgehead atoms. The average Bonchev–Trinajstić information content (AvgIpc) is 2.69. The highest BCUT2D eigenvalue weighted by molar-refractivity contribution is 7.89. The van der Waals surface area contributed by atoms with Gasteiger partial charge in [-0.2, -0.15) is 4.31 Å². The average molecular weight is 411 g/mol. The van der Waals surface area contributed by atoms with Crippen molar-refractivity contribution in [3.8, 4) is 0 Å². The third-order valence-electron chi connectivity index (χ3n) is 5.80. The summed E-state index contributed by atoms with van der Waals surface area (Å²) >= 11 is 0. The monoisotopic (exact) mass is 410 g/mol. The second-order valence-electron chi connectivity index (χ2n) is 7.93. The number of benzene rings is 1. The van der Waals surface area contributed by atoms with Crippen molar-refractivity contribution in [2.24, 2.45) is 5.92 Å². The van der Waals surface area contributed by atoms with E-state index in [0.29, 0.717) is 31.1 Å². The SMILES string of the molecule is Cc1ccc(S(=O)(=O)N2CCC(C)CC2)cc1C(=O)NCC[NH+]1CCOCC1. The van der Waals surface area contributed by atoms with Crippen LogP contribution in [0.5, 0.6) is 0 Å². The predicted octanol–water partition coefficient (Wildman–Crippen LogP) is 0.0605. The highest BCUT2D eigenvalue weighted by atomic mass is 32.2. The van der Waals surface area contributed by atoms with Crippen LogP contribution in [0.4, 0.5) is 0 Å². The lowest BCUT2D eigenvalue weighted by Crippen LogP contribution is -3.14. The van der Waals surface area contributed by atoms with Crippen molar-refractivity contribution in [1.29, 1.82) is 0 Å². The number of nitrogens with zero attached hydrogens (tertiary/aromatic N) is 1. The summed E-state index contributed by atoms with van der Waals surface area (Å²) in [5.41, 5.74) is 1.21. The maximum absolute atomic E-state index is 13.0. The summed E-state index contributed by atoms with van der Waals surface area (Å²) in [6, 6.07) is 4.86. The molecule has 1 aromatic rings. The van der Waals surface area contributed by atoms with Gasteiger partial charge in [-0.1, -0.05) is 13.0 Å². The van der Waals surface area contributed by atoms with E-state index < -0.39 is 10.0 Å². The van der Waals surface area contributed by atoms with E-state index in [0.717, 1.165) is 51.3 Å². The van der Waals surface area contributed by atoms with Crippen LogP contribution in [0.3, 0.4) is 0 Å². The van der Waals surface area contributed by atoms with Gasteiger partial charge in [-0.05, 0) is 43.4 Å². The molecule has 1 amide bonds. The van der Waals surface area contributed by atoms with Gasteiger partial charge in [0, 0.05) is 18.7 Å². The number of ether oxygens (including phenoxy) is 1. The van der Waals surface area contributed by atoms with Gasteiger partial charge in [0.2, 0.25) is 10.0 Å². The van der Waals surface area contributed by atoms with E-state index in [2.05, 4.69) is 12.2 Å². The normalized spacial score (nSPS) is 20.2. The minimum atomic E-state index is -3.56. The number of piperidine rings is 1. The fraction of sp³-hybridized carbons (Fsp3) is 0.650. The Morgan fingerprint density at radius 1 is 1.25 bits per heavy atom. The van der Waals surface area contributed by atoms with Crippen molar-refractivity contribution in [1.82, 2.24) is 9.62 Å². The van der Waals surface area contributed by atoms with Crippen molar-refractivity contribution in [3.05, 3.63) is 29.3 Å². The number of nitrogens with one attached hydrogen (secondary N) is 2. The molecule has 28 heavy (non-hydrogen) atoms. The van der Waals surface area contributed by atoms with E-state index in [9.17, 15) is 13.2 Å². The van der Waals surface area contributed by atoms with E-state index in [1.807, 2.05) is 6.92 Å². The van der Waals surface area contributed by atoms with Gasteiger partial charge in [0.15, 0.2) is 0 Å². The van der Waals surface area contributed by atoms with Crippen LogP contribution in [0.2, 0.25) is 0 Å². The number of carbonyl (C=O) groups is 1. The Balaban J connectivity index is 1.65. The molecule has 3 rings (SSSR count). The van der Waals surface area contributed by atoms with E-state index in [-0.39, 0.29) is 10.8 Å². The molecule has 0 atom stereocenters. The molecule has 0 saturated carbocycles. The molecule has 2 aliphatic heterocycles. The lowest BCUT2D eigenvalue weighted by molar-refractivity contribution is -0.906. The summed E-state index contributed by atoms with van der Waals surface area (Å²) < 4.78 is 32.8. The summed E-state index contributed by atoms with van der Waals surface area (Å²) in [4.78, 5) is 14.3. The summed E-state index contributed by atoms with van der Waals surface area (Å²) in [5, 5.41) is 2.94. The Kier molecular flexibility index (Phi) is 7.09. The molecule has 2 aliphatic rings. The minimum Gasteiger partial charge on any atom is -0.370 e. The molecule has 0 aromatic heterocycles. The Morgan fingerprint density at radius 2 is 1.93 bits per heavy atom. The van der Waals surface area contributed by atoms with E-state index in [1.165, 1.54) is 11.0 Å². The van der Waals surface area contributed by atoms with Gasteiger partial charge in [0.1, 0.15) is 13.1 Å². The molecule has 156 valence electrons. The van der Waals surface area contributed by atoms with Crippen LogP contribution >= 0.6 is 0 Å². The molecule has 0 radical (unpaired) electrons. The molecule has 0 unspecified atom stereocenters. The van der Waals surface area contributed by atoms with Crippen LogP contribution in [0.15, 0.2) is 23.1 Å². The molecule has 2 heterocycles. The molecule has 1 aromatic carbocycles. The molecule has 0 spiro atoms. The third kappa shape index (κ3) is 5.11. The second kappa shape index (κ2) is 9.35. The summed E-state index contributed by atoms with van der Waals surface area (Å²) in [6.45, 7) is 9.91. The van der Waals surface area contributed by atoms with Crippen LogP contribution in [-0.4, -0.2) is 71.1 Å². The van der Waals surface area contributed by atoms with Crippen LogP contribution in [0.1, 0.15) is 35.7 Å². The molecule has 2 saturated heterocycles. The van der Waals surface area contributed by atoms with E-state index in [1.54, 1.807) is 16.4 Å². The van der Waals surface area contributed by atoms with Gasteiger partial charge >= 0.3 is 0 Å². The predicted molar refractivity (Wildman–Crippen MR) is 107 cm³/mol. The smallest absolute Gasteiger partial charge is 0.251 e. The first-order chi connectivity index (χ1) is 13.4. The maximum Gasteiger partial charge on any atom is 0.251 e. The van der Waals surface area contributed by atoms with Gasteiger partial charge < -0.3 is 15.0 Å². The Labute approximate surface area is 168 Å². The highest BCUT2D eigenvalue weighted by Gasteiger charge is 2.29. The first kappa shape index (κ1) is 21.2. The number of hydrogen-bond acceptors (Lipinski definition) is 4. The Bertz CT molecular complexity index is 783. The standard InChI is InChI=1S/C20H31N3O4S/c1-16-5-8-23(9-6-16)28(25,26)18-4-3-17(2)19(15-18)20(24)21-7-10-22-11-13-27-14-12-22/h3-4,15-16H,5-14H2,1-2H3,(H,21,24)/p+1. The fourth-order valence-corrected chi connectivity index (χ4v) is 5.24. The number of carbonyl (C=O) groups excluding carboxylic acids is 1. The molecule has 2 fully saturated rings. The van der Waals surface area contributed by atoms with Crippen LogP contribution < -0.4 is 10.2 Å². The lowest BCUT2D eigenvalue weighted by Gasteiger charge is -2.29. The van der Waals surface area contributed by atoms with Gasteiger partial charge in [-0.3, -0.25) is 4.79 Å². The molecule has 2 N–H and O–H groups in total. The maximum atomic E-state index is 13.0. The zero-order chi connectivity index (χ0) is 20.1. The summed E-state index contributed by atoms with van der Waals surface area (Å²) in [5.74, 6) is 0.342. The van der Waals surface area contributed by atoms with Crippen LogP contribution in [0.25, 0.3) is 0 Å². The van der Waals surface area contributed by atoms with Gasteiger partial charge in [0.05, 0.1) is 31.2 Å². The number of hydrogen-bond donors (Lipinski definition) is 2. The number of rotatable bonds is 6. The molecule has 8 heteroatoms. The first-order valence-corrected chi connectivity index (χ1v) is 11.6. The molecule has 7 nitrogen and oxygen atoms in total. The van der Waals surface area contributed by atoms with Crippen molar-refractivity contribution >= 4 is 15.9 Å². The summed E-state index contributed by atoms with van der Waals surface area (Å²) in [6.07, 6.45) is 1.75. The molecule has 0 aliphatic carbocycles. The number of quaternary nitrogens is 1. The second-order valence-corrected chi connectivity index (χ2v) is 9.87. The quantitative estimate of drug-likeness (QED) is 0.695. The minimum absolute atomic E-state index is 0.205. The number of amides is 1.